The summed E-state index contributed by atoms with van der Waals surface area (Å²) in [4.78, 5) is 15.5. The number of rotatable bonds is 2. The van der Waals surface area contributed by atoms with E-state index in [9.17, 15) is 22.2 Å². The average Bonchev–Trinajstić information content (AvgIpc) is 2.96. The fourth-order valence-electron chi connectivity index (χ4n) is 1.66. The molecule has 0 bridgehead atoms. The largest absolute Gasteiger partial charge is 0.471 e. The van der Waals surface area contributed by atoms with E-state index in [2.05, 4.69) is 19.0 Å². The van der Waals surface area contributed by atoms with Crippen molar-refractivity contribution >= 4 is 15.6 Å². The summed E-state index contributed by atoms with van der Waals surface area (Å²) in [6.45, 7) is 4.98. The lowest BCUT2D eigenvalue weighted by atomic mass is 9.96. The van der Waals surface area contributed by atoms with Gasteiger partial charge in [0.2, 0.25) is 5.82 Å². The number of hydrogen-bond acceptors (Lipinski definition) is 5. The first-order valence-corrected chi connectivity index (χ1v) is 9.01. The first-order valence-electron chi connectivity index (χ1n) is 7.09. The van der Waals surface area contributed by atoms with Crippen LogP contribution in [-0.2, 0) is 20.7 Å². The van der Waals surface area contributed by atoms with Crippen LogP contribution in [0.15, 0.2) is 38.0 Å². The highest BCUT2D eigenvalue weighted by atomic mass is 32.2. The van der Waals surface area contributed by atoms with Crippen LogP contribution in [0.5, 0.6) is 0 Å². The third-order valence-electron chi connectivity index (χ3n) is 3.12. The van der Waals surface area contributed by atoms with Gasteiger partial charge < -0.3 is 4.52 Å². The lowest BCUT2D eigenvalue weighted by Gasteiger charge is -2.13. The van der Waals surface area contributed by atoms with Crippen LogP contribution in [0.2, 0.25) is 0 Å². The number of amides is 1. The van der Waals surface area contributed by atoms with Crippen molar-refractivity contribution in [2.24, 2.45) is 9.78 Å². The van der Waals surface area contributed by atoms with Crippen molar-refractivity contribution in [3.05, 3.63) is 30.2 Å². The topological polar surface area (TPSA) is 85.4 Å². The zero-order chi connectivity index (χ0) is 19.0. The van der Waals surface area contributed by atoms with Crippen molar-refractivity contribution in [3.63, 3.8) is 0 Å². The molecule has 1 aromatic carbocycles. The molecule has 1 amide bonds. The van der Waals surface area contributed by atoms with E-state index in [1.807, 2.05) is 0 Å². The summed E-state index contributed by atoms with van der Waals surface area (Å²) in [6.07, 6.45) is -3.41. The van der Waals surface area contributed by atoms with E-state index in [1.54, 1.807) is 20.8 Å². The van der Waals surface area contributed by atoms with Crippen LogP contribution in [0.4, 0.5) is 13.2 Å². The van der Waals surface area contributed by atoms with Gasteiger partial charge in [0.1, 0.15) is 0 Å². The normalized spacial score (nSPS) is 14.8. The molecule has 0 aliphatic heterocycles. The van der Waals surface area contributed by atoms with Gasteiger partial charge in [-0.15, -0.1) is 0 Å². The molecule has 1 unspecified atom stereocenters. The second kappa shape index (κ2) is 6.25. The molecule has 0 saturated carbocycles. The predicted octanol–water partition coefficient (Wildman–Crippen LogP) is 3.78. The van der Waals surface area contributed by atoms with Crippen LogP contribution in [0.25, 0.3) is 11.4 Å². The number of carbonyl (C=O) groups excluding carboxylic acids is 1. The van der Waals surface area contributed by atoms with E-state index in [0.29, 0.717) is 0 Å². The van der Waals surface area contributed by atoms with Crippen LogP contribution in [0.1, 0.15) is 26.7 Å². The van der Waals surface area contributed by atoms with Gasteiger partial charge in [0.25, 0.3) is 5.91 Å². The Balaban J connectivity index is 2.34. The molecule has 10 heteroatoms. The highest BCUT2D eigenvalue weighted by Crippen LogP contribution is 2.29. The lowest BCUT2D eigenvalue weighted by Crippen LogP contribution is -2.19. The summed E-state index contributed by atoms with van der Waals surface area (Å²) in [5.74, 6) is -2.20. The predicted molar refractivity (Wildman–Crippen MR) is 84.0 cm³/mol. The molecule has 2 rings (SSSR count). The monoisotopic (exact) mass is 375 g/mol. The minimum absolute atomic E-state index is 0.246. The van der Waals surface area contributed by atoms with E-state index < -0.39 is 33.1 Å². The molecule has 25 heavy (non-hydrogen) atoms. The first-order chi connectivity index (χ1) is 11.3. The zero-order valence-electron chi connectivity index (χ0n) is 13.9. The summed E-state index contributed by atoms with van der Waals surface area (Å²) in [5, 5.41) is 3.27. The highest BCUT2D eigenvalue weighted by Gasteiger charge is 2.38. The SMILES string of the molecule is CC(C)(C)C(=O)N=S(C)(=O)c1ccc(-c2noc(C(F)(F)F)n2)cc1. The maximum absolute atomic E-state index is 12.6. The number of nitrogens with zero attached hydrogens (tertiary/aromatic N) is 3. The van der Waals surface area contributed by atoms with Gasteiger partial charge in [-0.2, -0.15) is 22.5 Å². The molecule has 136 valence electrons. The van der Waals surface area contributed by atoms with Crippen molar-refractivity contribution in [1.82, 2.24) is 10.1 Å². The Hall–Kier alpha value is -2.23. The molecular formula is C15H16F3N3O3S. The number of alkyl halides is 3. The molecule has 0 fully saturated rings. The molecule has 0 aliphatic rings. The molecule has 0 aliphatic carbocycles. The van der Waals surface area contributed by atoms with Gasteiger partial charge in [-0.05, 0) is 24.3 Å². The number of carbonyl (C=O) groups is 1. The molecule has 0 saturated heterocycles. The van der Waals surface area contributed by atoms with Gasteiger partial charge in [0.05, 0.1) is 9.73 Å². The Morgan fingerprint density at radius 1 is 1.16 bits per heavy atom. The summed E-state index contributed by atoms with van der Waals surface area (Å²) in [7, 11) is -2.98. The highest BCUT2D eigenvalue weighted by molar-refractivity contribution is 7.93. The summed E-state index contributed by atoms with van der Waals surface area (Å²) in [5.41, 5.74) is -0.516. The molecule has 1 atom stereocenters. The van der Waals surface area contributed by atoms with Crippen LogP contribution in [0.3, 0.4) is 0 Å². The van der Waals surface area contributed by atoms with Gasteiger partial charge in [-0.1, -0.05) is 25.9 Å². The molecule has 0 N–H and O–H groups in total. The second-order valence-electron chi connectivity index (χ2n) is 6.39. The van der Waals surface area contributed by atoms with E-state index in [0.717, 1.165) is 0 Å². The van der Waals surface area contributed by atoms with Crippen molar-refractivity contribution in [3.8, 4) is 11.4 Å². The Morgan fingerprint density at radius 3 is 2.16 bits per heavy atom. The van der Waals surface area contributed by atoms with Crippen molar-refractivity contribution in [1.29, 1.82) is 0 Å². The quantitative estimate of drug-likeness (QED) is 0.797. The number of aromatic nitrogens is 2. The van der Waals surface area contributed by atoms with E-state index in [4.69, 9.17) is 0 Å². The molecule has 0 spiro atoms. The maximum Gasteiger partial charge on any atom is 0.471 e. The summed E-state index contributed by atoms with van der Waals surface area (Å²) < 4.78 is 58.0. The maximum atomic E-state index is 12.6. The Bertz CT molecular complexity index is 903. The molecule has 6 nitrogen and oxygen atoms in total. The molecule has 0 radical (unpaired) electrons. The molecule has 1 heterocycles. The van der Waals surface area contributed by atoms with E-state index >= 15 is 0 Å². The van der Waals surface area contributed by atoms with E-state index in [1.165, 1.54) is 30.5 Å². The third-order valence-corrected chi connectivity index (χ3v) is 4.78. The minimum Gasteiger partial charge on any atom is -0.329 e. The van der Waals surface area contributed by atoms with Crippen LogP contribution in [0, 0.1) is 5.41 Å². The number of halogens is 3. The zero-order valence-corrected chi connectivity index (χ0v) is 14.7. The fourth-order valence-corrected chi connectivity index (χ4v) is 3.00. The van der Waals surface area contributed by atoms with E-state index in [-0.39, 0.29) is 16.3 Å². The second-order valence-corrected chi connectivity index (χ2v) is 8.65. The molecule has 2 aromatic rings. The van der Waals surface area contributed by atoms with Crippen molar-refractivity contribution < 1.29 is 26.7 Å². The van der Waals surface area contributed by atoms with Crippen LogP contribution >= 0.6 is 0 Å². The van der Waals surface area contributed by atoms with Gasteiger partial charge in [-0.25, -0.2) is 4.21 Å². The van der Waals surface area contributed by atoms with Gasteiger partial charge >= 0.3 is 12.1 Å². The number of benzene rings is 1. The fraction of sp³-hybridized carbons (Fsp3) is 0.400. The molecular weight excluding hydrogens is 359 g/mol. The van der Waals surface area contributed by atoms with Crippen molar-refractivity contribution in [2.75, 3.05) is 6.26 Å². The Kier molecular flexibility index (Phi) is 4.77. The van der Waals surface area contributed by atoms with Crippen molar-refractivity contribution in [2.45, 2.75) is 31.8 Å². The summed E-state index contributed by atoms with van der Waals surface area (Å²) >= 11 is 0. The van der Waals surface area contributed by atoms with Crippen LogP contribution in [-0.4, -0.2) is 26.5 Å². The van der Waals surface area contributed by atoms with Gasteiger partial charge in [-0.3, -0.25) is 4.79 Å². The first kappa shape index (κ1) is 19.1. The third kappa shape index (κ3) is 4.44. The Morgan fingerprint density at radius 2 is 1.72 bits per heavy atom. The Labute approximate surface area is 142 Å². The van der Waals surface area contributed by atoms with Gasteiger partial charge in [0.15, 0.2) is 0 Å². The standard InChI is InChI=1S/C15H16F3N3O3S/c1-14(2,3)12(22)21-25(4,23)10-7-5-9(6-8-10)11-19-13(24-20-11)15(16,17)18/h5-8H,1-4H3. The lowest BCUT2D eigenvalue weighted by molar-refractivity contribution is -0.159. The van der Waals surface area contributed by atoms with Gasteiger partial charge in [0, 0.05) is 22.1 Å². The van der Waals surface area contributed by atoms with Crippen LogP contribution < -0.4 is 0 Å². The average molecular weight is 375 g/mol. The number of hydrogen-bond donors (Lipinski definition) is 0. The minimum atomic E-state index is -4.73. The smallest absolute Gasteiger partial charge is 0.329 e. The summed E-state index contributed by atoms with van der Waals surface area (Å²) in [6, 6.07) is 5.59. The molecule has 1 aromatic heterocycles.